The quantitative estimate of drug-likeness (QED) is 0.332. The SMILES string of the molecule is Cc1ccc(CN(Cc2ccc(F)cc2)C(=O)CN(CCN2CCOCC2)C(=O)COCc2ccccc2)o1. The summed E-state index contributed by atoms with van der Waals surface area (Å²) >= 11 is 0. The molecule has 0 unspecified atom stereocenters. The number of morpholine rings is 1. The van der Waals surface area contributed by atoms with Crippen molar-refractivity contribution in [1.82, 2.24) is 14.7 Å². The number of amides is 2. The van der Waals surface area contributed by atoms with Crippen LogP contribution in [0.3, 0.4) is 0 Å². The van der Waals surface area contributed by atoms with E-state index in [1.807, 2.05) is 49.4 Å². The molecule has 2 amide bonds. The topological polar surface area (TPSA) is 75.5 Å². The summed E-state index contributed by atoms with van der Waals surface area (Å²) in [6, 6.07) is 19.4. The zero-order chi connectivity index (χ0) is 27.5. The molecule has 0 bridgehead atoms. The fourth-order valence-corrected chi connectivity index (χ4v) is 4.36. The Morgan fingerprint density at radius 3 is 2.33 bits per heavy atom. The van der Waals surface area contributed by atoms with Gasteiger partial charge in [0.2, 0.25) is 11.8 Å². The van der Waals surface area contributed by atoms with Gasteiger partial charge in [-0.2, -0.15) is 0 Å². The largest absolute Gasteiger partial charge is 0.464 e. The van der Waals surface area contributed by atoms with Crippen LogP contribution in [0.2, 0.25) is 0 Å². The highest BCUT2D eigenvalue weighted by Gasteiger charge is 2.24. The molecule has 1 aliphatic heterocycles. The smallest absolute Gasteiger partial charge is 0.249 e. The lowest BCUT2D eigenvalue weighted by atomic mass is 10.2. The van der Waals surface area contributed by atoms with E-state index in [0.29, 0.717) is 38.7 Å². The Hall–Kier alpha value is -3.53. The van der Waals surface area contributed by atoms with E-state index in [-0.39, 0.29) is 43.9 Å². The molecular weight excluding hydrogens is 501 g/mol. The Morgan fingerprint density at radius 1 is 0.897 bits per heavy atom. The van der Waals surface area contributed by atoms with Crippen LogP contribution in [0.4, 0.5) is 4.39 Å². The third-order valence-corrected chi connectivity index (χ3v) is 6.59. The average Bonchev–Trinajstić information content (AvgIpc) is 3.37. The van der Waals surface area contributed by atoms with Gasteiger partial charge < -0.3 is 23.7 Å². The predicted octanol–water partition coefficient (Wildman–Crippen LogP) is 3.63. The van der Waals surface area contributed by atoms with E-state index in [4.69, 9.17) is 13.9 Å². The van der Waals surface area contributed by atoms with E-state index in [0.717, 1.165) is 30.0 Å². The molecule has 0 atom stereocenters. The van der Waals surface area contributed by atoms with E-state index >= 15 is 0 Å². The maximum atomic E-state index is 13.6. The van der Waals surface area contributed by atoms with Gasteiger partial charge in [0, 0.05) is 32.7 Å². The van der Waals surface area contributed by atoms with E-state index in [1.165, 1.54) is 12.1 Å². The number of halogens is 1. The standard InChI is InChI=1S/C30H36FN3O5/c1-24-7-12-28(39-24)20-34(19-25-8-10-27(31)11-9-25)29(35)21-33(14-13-32-15-17-37-18-16-32)30(36)23-38-22-26-5-3-2-4-6-26/h2-12H,13-23H2,1H3. The maximum Gasteiger partial charge on any atom is 0.249 e. The molecule has 0 spiro atoms. The fourth-order valence-electron chi connectivity index (χ4n) is 4.36. The van der Waals surface area contributed by atoms with Gasteiger partial charge in [0.1, 0.15) is 23.9 Å². The number of hydrogen-bond donors (Lipinski definition) is 0. The monoisotopic (exact) mass is 537 g/mol. The molecule has 1 aliphatic rings. The molecule has 208 valence electrons. The normalized spacial score (nSPS) is 13.8. The van der Waals surface area contributed by atoms with Crippen molar-refractivity contribution in [3.63, 3.8) is 0 Å². The van der Waals surface area contributed by atoms with Crippen LogP contribution >= 0.6 is 0 Å². The van der Waals surface area contributed by atoms with Crippen molar-refractivity contribution < 1.29 is 27.9 Å². The van der Waals surface area contributed by atoms with Crippen molar-refractivity contribution in [2.24, 2.45) is 0 Å². The Balaban J connectivity index is 1.44. The minimum absolute atomic E-state index is 0.0985. The molecule has 0 saturated carbocycles. The average molecular weight is 538 g/mol. The molecule has 4 rings (SSSR count). The van der Waals surface area contributed by atoms with Crippen molar-refractivity contribution in [3.8, 4) is 0 Å². The predicted molar refractivity (Wildman–Crippen MR) is 144 cm³/mol. The van der Waals surface area contributed by atoms with Gasteiger partial charge in [-0.05, 0) is 42.3 Å². The maximum absolute atomic E-state index is 13.6. The number of benzene rings is 2. The summed E-state index contributed by atoms with van der Waals surface area (Å²) < 4.78 is 30.3. The van der Waals surface area contributed by atoms with Crippen LogP contribution < -0.4 is 0 Å². The highest BCUT2D eigenvalue weighted by Crippen LogP contribution is 2.15. The molecule has 2 aromatic carbocycles. The van der Waals surface area contributed by atoms with Crippen LogP contribution in [0.1, 0.15) is 22.6 Å². The van der Waals surface area contributed by atoms with Gasteiger partial charge in [-0.1, -0.05) is 42.5 Å². The number of furan rings is 1. The third kappa shape index (κ3) is 9.31. The molecule has 1 aromatic heterocycles. The lowest BCUT2D eigenvalue weighted by Crippen LogP contribution is -2.48. The lowest BCUT2D eigenvalue weighted by Gasteiger charge is -2.31. The number of carbonyl (C=O) groups is 2. The first-order valence-corrected chi connectivity index (χ1v) is 13.2. The highest BCUT2D eigenvalue weighted by atomic mass is 19.1. The van der Waals surface area contributed by atoms with Gasteiger partial charge in [-0.15, -0.1) is 0 Å². The van der Waals surface area contributed by atoms with E-state index in [1.54, 1.807) is 21.9 Å². The lowest BCUT2D eigenvalue weighted by molar-refractivity contribution is -0.144. The van der Waals surface area contributed by atoms with Crippen LogP contribution in [0.15, 0.2) is 71.1 Å². The molecule has 2 heterocycles. The van der Waals surface area contributed by atoms with Crippen LogP contribution in [0.25, 0.3) is 0 Å². The highest BCUT2D eigenvalue weighted by molar-refractivity contribution is 5.85. The van der Waals surface area contributed by atoms with Crippen molar-refractivity contribution in [1.29, 1.82) is 0 Å². The zero-order valence-electron chi connectivity index (χ0n) is 22.4. The molecule has 39 heavy (non-hydrogen) atoms. The number of aryl methyl sites for hydroxylation is 1. The molecule has 8 nitrogen and oxygen atoms in total. The molecular formula is C30H36FN3O5. The van der Waals surface area contributed by atoms with E-state index in [9.17, 15) is 14.0 Å². The Bertz CT molecular complexity index is 1180. The summed E-state index contributed by atoms with van der Waals surface area (Å²) in [5, 5.41) is 0. The molecule has 1 saturated heterocycles. The Morgan fingerprint density at radius 2 is 1.64 bits per heavy atom. The number of nitrogens with zero attached hydrogens (tertiary/aromatic N) is 3. The molecule has 0 N–H and O–H groups in total. The number of carbonyl (C=O) groups excluding carboxylic acids is 2. The summed E-state index contributed by atoms with van der Waals surface area (Å²) in [6.45, 7) is 6.34. The van der Waals surface area contributed by atoms with Gasteiger partial charge in [0.15, 0.2) is 0 Å². The van der Waals surface area contributed by atoms with Gasteiger partial charge in [0.25, 0.3) is 0 Å². The van der Waals surface area contributed by atoms with Crippen molar-refractivity contribution >= 4 is 11.8 Å². The summed E-state index contributed by atoms with van der Waals surface area (Å²) in [5.41, 5.74) is 1.76. The zero-order valence-corrected chi connectivity index (χ0v) is 22.4. The summed E-state index contributed by atoms with van der Waals surface area (Å²) in [5.74, 6) is 0.570. The first-order valence-electron chi connectivity index (χ1n) is 13.2. The van der Waals surface area contributed by atoms with Gasteiger partial charge in [0.05, 0.1) is 32.9 Å². The second-order valence-electron chi connectivity index (χ2n) is 9.64. The second-order valence-corrected chi connectivity index (χ2v) is 9.64. The second kappa shape index (κ2) is 14.6. The molecule has 0 radical (unpaired) electrons. The minimum Gasteiger partial charge on any atom is -0.464 e. The number of rotatable bonds is 13. The van der Waals surface area contributed by atoms with Crippen LogP contribution in [0.5, 0.6) is 0 Å². The van der Waals surface area contributed by atoms with Gasteiger partial charge in [-0.3, -0.25) is 14.5 Å². The summed E-state index contributed by atoms with van der Waals surface area (Å²) in [6.07, 6.45) is 0. The van der Waals surface area contributed by atoms with Crippen LogP contribution in [-0.2, 0) is 38.8 Å². The molecule has 9 heteroatoms. The van der Waals surface area contributed by atoms with E-state index < -0.39 is 0 Å². The van der Waals surface area contributed by atoms with Crippen LogP contribution in [0, 0.1) is 12.7 Å². The number of hydrogen-bond acceptors (Lipinski definition) is 6. The number of ether oxygens (including phenoxy) is 2. The van der Waals surface area contributed by atoms with E-state index in [2.05, 4.69) is 4.90 Å². The summed E-state index contributed by atoms with van der Waals surface area (Å²) in [4.78, 5) is 32.3. The van der Waals surface area contributed by atoms with Gasteiger partial charge >= 0.3 is 0 Å². The minimum atomic E-state index is -0.339. The molecule has 1 fully saturated rings. The first kappa shape index (κ1) is 28.5. The third-order valence-electron chi connectivity index (χ3n) is 6.59. The Kier molecular flexibility index (Phi) is 10.6. The molecule has 0 aliphatic carbocycles. The van der Waals surface area contributed by atoms with Crippen molar-refractivity contribution in [2.75, 3.05) is 52.5 Å². The van der Waals surface area contributed by atoms with Crippen molar-refractivity contribution in [3.05, 3.63) is 95.2 Å². The fraction of sp³-hybridized carbons (Fsp3) is 0.400. The van der Waals surface area contributed by atoms with Crippen molar-refractivity contribution in [2.45, 2.75) is 26.6 Å². The molecule has 3 aromatic rings. The first-order chi connectivity index (χ1) is 19.0. The Labute approximate surface area is 228 Å². The summed E-state index contributed by atoms with van der Waals surface area (Å²) in [7, 11) is 0. The van der Waals surface area contributed by atoms with Gasteiger partial charge in [-0.25, -0.2) is 4.39 Å². The van der Waals surface area contributed by atoms with Crippen LogP contribution in [-0.4, -0.2) is 79.1 Å².